The molecule has 0 saturated carbocycles. The molecule has 0 aliphatic heterocycles. The number of rotatable bonds is 3. The molecule has 3 N–H and O–H groups in total. The predicted octanol–water partition coefficient (Wildman–Crippen LogP) is 1.27. The third kappa shape index (κ3) is 2.33. The first-order valence-electron chi connectivity index (χ1n) is 6.65. The number of carbonyl (C=O) groups is 2. The summed E-state index contributed by atoms with van der Waals surface area (Å²) >= 11 is 1.26. The fourth-order valence-corrected chi connectivity index (χ4v) is 3.64. The van der Waals surface area contributed by atoms with Crippen molar-refractivity contribution in [2.24, 2.45) is 7.05 Å². The Kier molecular flexibility index (Phi) is 3.53. The van der Waals surface area contributed by atoms with E-state index in [1.165, 1.54) is 23.0 Å². The summed E-state index contributed by atoms with van der Waals surface area (Å²) in [4.78, 5) is 35.0. The molecule has 0 atom stereocenters. The van der Waals surface area contributed by atoms with Crippen LogP contribution in [0.5, 0.6) is 5.75 Å². The number of benzene rings is 1. The summed E-state index contributed by atoms with van der Waals surface area (Å²) in [6.45, 7) is -0.633. The van der Waals surface area contributed by atoms with Crippen LogP contribution in [0, 0.1) is 0 Å². The lowest BCUT2D eigenvalue weighted by Gasteiger charge is -2.09. The highest BCUT2D eigenvalue weighted by atomic mass is 32.1. The summed E-state index contributed by atoms with van der Waals surface area (Å²) in [5, 5.41) is 21.9. The number of nitrogens with zero attached hydrogens (tertiary/aromatic N) is 1. The summed E-state index contributed by atoms with van der Waals surface area (Å²) in [6, 6.07) is 7.35. The minimum atomic E-state index is -1.24. The van der Waals surface area contributed by atoms with Crippen LogP contribution in [-0.4, -0.2) is 33.2 Å². The van der Waals surface area contributed by atoms with Crippen LogP contribution in [0.15, 0.2) is 29.1 Å². The Labute approximate surface area is 133 Å². The van der Waals surface area contributed by atoms with Gasteiger partial charge in [0.2, 0.25) is 0 Å². The lowest BCUT2D eigenvalue weighted by atomic mass is 10.1. The first-order valence-corrected chi connectivity index (χ1v) is 7.46. The zero-order valence-electron chi connectivity index (χ0n) is 12.0. The summed E-state index contributed by atoms with van der Waals surface area (Å²) in [7, 11) is 1.51. The van der Waals surface area contributed by atoms with Crippen LogP contribution in [-0.2, 0) is 11.8 Å². The Bertz CT molecular complexity index is 1020. The molecular formula is C15H12N2O5S. The van der Waals surface area contributed by atoms with Crippen molar-refractivity contribution in [2.45, 2.75) is 0 Å². The Balaban J connectivity index is 2.29. The van der Waals surface area contributed by atoms with Gasteiger partial charge in [-0.15, -0.1) is 11.3 Å². The van der Waals surface area contributed by atoms with E-state index in [0.29, 0.717) is 10.2 Å². The fourth-order valence-electron chi connectivity index (χ4n) is 2.46. The van der Waals surface area contributed by atoms with Gasteiger partial charge in [0.25, 0.3) is 11.5 Å². The molecule has 3 aromatic rings. The smallest absolute Gasteiger partial charge is 0.322 e. The number of thiophene rings is 1. The van der Waals surface area contributed by atoms with Crippen LogP contribution in [0.3, 0.4) is 0 Å². The number of amides is 1. The van der Waals surface area contributed by atoms with E-state index in [1.807, 2.05) is 24.3 Å². The van der Waals surface area contributed by atoms with E-state index >= 15 is 0 Å². The summed E-state index contributed by atoms with van der Waals surface area (Å²) in [5.41, 5.74) is -0.586. The lowest BCUT2D eigenvalue weighted by Crippen LogP contribution is -2.35. The number of fused-ring (bicyclic) bond motifs is 3. The molecule has 7 nitrogen and oxygen atoms in total. The molecule has 118 valence electrons. The van der Waals surface area contributed by atoms with E-state index in [0.717, 1.165) is 10.1 Å². The molecule has 1 aromatic carbocycles. The van der Waals surface area contributed by atoms with Gasteiger partial charge in [-0.1, -0.05) is 18.2 Å². The molecule has 2 heterocycles. The van der Waals surface area contributed by atoms with Crippen molar-refractivity contribution in [1.29, 1.82) is 0 Å². The normalized spacial score (nSPS) is 11.0. The summed E-state index contributed by atoms with van der Waals surface area (Å²) < 4.78 is 2.58. The van der Waals surface area contributed by atoms with Crippen LogP contribution in [0.2, 0.25) is 0 Å². The molecule has 0 fully saturated rings. The molecule has 0 aliphatic rings. The number of hydrogen-bond acceptors (Lipinski definition) is 5. The molecule has 0 saturated heterocycles. The zero-order valence-corrected chi connectivity index (χ0v) is 12.8. The van der Waals surface area contributed by atoms with E-state index in [1.54, 1.807) is 0 Å². The van der Waals surface area contributed by atoms with Gasteiger partial charge in [-0.3, -0.25) is 14.4 Å². The number of aryl methyl sites for hydroxylation is 1. The van der Waals surface area contributed by atoms with Gasteiger partial charge in [0, 0.05) is 17.1 Å². The molecule has 0 spiro atoms. The van der Waals surface area contributed by atoms with E-state index in [9.17, 15) is 19.5 Å². The first-order chi connectivity index (χ1) is 10.9. The number of aromatic nitrogens is 1. The van der Waals surface area contributed by atoms with Crippen molar-refractivity contribution in [2.75, 3.05) is 6.54 Å². The van der Waals surface area contributed by atoms with Crippen molar-refractivity contribution in [3.05, 3.63) is 40.2 Å². The third-order valence-corrected chi connectivity index (χ3v) is 4.67. The van der Waals surface area contributed by atoms with Crippen LogP contribution in [0.25, 0.3) is 20.3 Å². The van der Waals surface area contributed by atoms with Gasteiger partial charge in [0.05, 0.1) is 10.2 Å². The second kappa shape index (κ2) is 5.40. The Morgan fingerprint density at radius 3 is 2.70 bits per heavy atom. The maximum absolute atomic E-state index is 12.4. The van der Waals surface area contributed by atoms with Gasteiger partial charge < -0.3 is 20.1 Å². The highest BCUT2D eigenvalue weighted by Gasteiger charge is 2.23. The first kappa shape index (κ1) is 15.0. The van der Waals surface area contributed by atoms with Crippen molar-refractivity contribution >= 4 is 43.5 Å². The molecule has 0 radical (unpaired) electrons. The SMILES string of the molecule is Cn1c(=O)c(C(=O)NCC(=O)O)c(O)c2sc3ccccc3c21. The number of nitrogens with one attached hydrogen (secondary N) is 1. The minimum absolute atomic E-state index is 0.411. The van der Waals surface area contributed by atoms with Crippen LogP contribution >= 0.6 is 11.3 Å². The molecule has 23 heavy (non-hydrogen) atoms. The maximum Gasteiger partial charge on any atom is 0.322 e. The van der Waals surface area contributed by atoms with Gasteiger partial charge in [0.15, 0.2) is 5.75 Å². The van der Waals surface area contributed by atoms with Crippen LogP contribution in [0.1, 0.15) is 10.4 Å². The number of aromatic hydroxyl groups is 1. The standard InChI is InChI=1S/C15H12N2O5S/c1-17-11-7-4-2-3-5-8(7)23-13(11)12(20)10(15(17)22)14(21)16-6-9(18)19/h2-5,20H,6H2,1H3,(H,16,21)(H,18,19). The van der Waals surface area contributed by atoms with Crippen molar-refractivity contribution in [3.63, 3.8) is 0 Å². The maximum atomic E-state index is 12.4. The minimum Gasteiger partial charge on any atom is -0.505 e. The zero-order chi connectivity index (χ0) is 16.7. The highest BCUT2D eigenvalue weighted by molar-refractivity contribution is 7.26. The summed E-state index contributed by atoms with van der Waals surface area (Å²) in [5.74, 6) is -2.57. The van der Waals surface area contributed by atoms with Gasteiger partial charge >= 0.3 is 5.97 Å². The second-order valence-electron chi connectivity index (χ2n) is 4.94. The lowest BCUT2D eigenvalue weighted by molar-refractivity contribution is -0.135. The molecule has 0 aliphatic carbocycles. The number of carboxylic acids is 1. The van der Waals surface area contributed by atoms with Gasteiger partial charge in [-0.2, -0.15) is 0 Å². The van der Waals surface area contributed by atoms with Crippen molar-refractivity contribution in [1.82, 2.24) is 9.88 Å². The number of hydrogen-bond donors (Lipinski definition) is 3. The van der Waals surface area contributed by atoms with E-state index in [4.69, 9.17) is 5.11 Å². The van der Waals surface area contributed by atoms with E-state index in [-0.39, 0.29) is 0 Å². The van der Waals surface area contributed by atoms with E-state index in [2.05, 4.69) is 5.32 Å². The van der Waals surface area contributed by atoms with Crippen LogP contribution < -0.4 is 10.9 Å². The van der Waals surface area contributed by atoms with Gasteiger partial charge in [0.1, 0.15) is 12.1 Å². The number of pyridine rings is 1. The highest BCUT2D eigenvalue weighted by Crippen LogP contribution is 2.38. The molecule has 0 bridgehead atoms. The van der Waals surface area contributed by atoms with Gasteiger partial charge in [-0.25, -0.2) is 0 Å². The monoisotopic (exact) mass is 332 g/mol. The molecule has 1 amide bonds. The third-order valence-electron chi connectivity index (χ3n) is 3.50. The molecule has 8 heteroatoms. The molecular weight excluding hydrogens is 320 g/mol. The Morgan fingerprint density at radius 2 is 2.00 bits per heavy atom. The number of aliphatic carboxylic acids is 1. The second-order valence-corrected chi connectivity index (χ2v) is 5.99. The van der Waals surface area contributed by atoms with E-state index < -0.39 is 35.3 Å². The number of carboxylic acid groups (broad SMARTS) is 1. The summed E-state index contributed by atoms with van der Waals surface area (Å²) in [6.07, 6.45) is 0. The molecule has 0 unspecified atom stereocenters. The Morgan fingerprint density at radius 1 is 1.30 bits per heavy atom. The van der Waals surface area contributed by atoms with Crippen LogP contribution in [0.4, 0.5) is 0 Å². The average Bonchev–Trinajstić information content (AvgIpc) is 2.91. The van der Waals surface area contributed by atoms with Crippen molar-refractivity contribution < 1.29 is 19.8 Å². The topological polar surface area (TPSA) is 109 Å². The largest absolute Gasteiger partial charge is 0.505 e. The Hall–Kier alpha value is -2.87. The predicted molar refractivity (Wildman–Crippen MR) is 86.2 cm³/mol. The van der Waals surface area contributed by atoms with Gasteiger partial charge in [-0.05, 0) is 6.07 Å². The quantitative estimate of drug-likeness (QED) is 0.669. The molecule has 3 rings (SSSR count). The average molecular weight is 332 g/mol. The molecule has 2 aromatic heterocycles. The fraction of sp³-hybridized carbons (Fsp3) is 0.133. The number of carbonyl (C=O) groups excluding carboxylic acids is 1. The van der Waals surface area contributed by atoms with Crippen molar-refractivity contribution in [3.8, 4) is 5.75 Å².